The topological polar surface area (TPSA) is 43.6 Å². The van der Waals surface area contributed by atoms with E-state index in [2.05, 4.69) is 22.4 Å². The minimum absolute atomic E-state index is 0.590. The van der Waals surface area contributed by atoms with Gasteiger partial charge < -0.3 is 0 Å². The SMILES string of the molecule is [CH2]Cn1cnnn1. The normalized spacial score (nSPS) is 9.29. The number of rotatable bonds is 1. The average molecular weight is 97.1 g/mol. The summed E-state index contributed by atoms with van der Waals surface area (Å²) in [5.74, 6) is 0. The van der Waals surface area contributed by atoms with Crippen LogP contribution in [0.1, 0.15) is 0 Å². The second-order valence-electron chi connectivity index (χ2n) is 1.07. The number of aromatic nitrogens is 4. The van der Waals surface area contributed by atoms with Crippen molar-refractivity contribution in [1.82, 2.24) is 20.2 Å². The van der Waals surface area contributed by atoms with Crippen LogP contribution in [0.5, 0.6) is 0 Å². The summed E-state index contributed by atoms with van der Waals surface area (Å²) in [6.07, 6.45) is 1.52. The molecule has 0 aliphatic heterocycles. The number of nitrogens with zero attached hydrogens (tertiary/aromatic N) is 4. The second kappa shape index (κ2) is 1.68. The summed E-state index contributed by atoms with van der Waals surface area (Å²) >= 11 is 0. The van der Waals surface area contributed by atoms with Crippen LogP contribution in [-0.4, -0.2) is 20.2 Å². The minimum Gasteiger partial charge on any atom is -0.233 e. The highest BCUT2D eigenvalue weighted by Crippen LogP contribution is 1.70. The molecule has 0 spiro atoms. The van der Waals surface area contributed by atoms with Crippen LogP contribution in [0.4, 0.5) is 0 Å². The van der Waals surface area contributed by atoms with E-state index in [9.17, 15) is 0 Å². The highest BCUT2D eigenvalue weighted by molar-refractivity contribution is 4.45. The summed E-state index contributed by atoms with van der Waals surface area (Å²) in [5.41, 5.74) is 0. The third-order valence-corrected chi connectivity index (χ3v) is 0.621. The molecule has 1 heterocycles. The molecule has 1 rings (SSSR count). The number of hydrogen-bond donors (Lipinski definition) is 0. The molecule has 1 radical (unpaired) electrons. The summed E-state index contributed by atoms with van der Waals surface area (Å²) in [6.45, 7) is 4.14. The third-order valence-electron chi connectivity index (χ3n) is 0.621. The van der Waals surface area contributed by atoms with E-state index in [0.717, 1.165) is 0 Å². The molecule has 0 atom stereocenters. The number of hydrogen-bond acceptors (Lipinski definition) is 3. The highest BCUT2D eigenvalue weighted by Gasteiger charge is 1.80. The molecule has 0 saturated carbocycles. The Balaban J connectivity index is 2.76. The average Bonchev–Trinajstić information content (AvgIpc) is 2.14. The van der Waals surface area contributed by atoms with Gasteiger partial charge in [0.1, 0.15) is 6.33 Å². The predicted octanol–water partition coefficient (Wildman–Crippen LogP) is -0.493. The minimum atomic E-state index is 0.590. The van der Waals surface area contributed by atoms with Crippen LogP contribution in [-0.2, 0) is 6.54 Å². The highest BCUT2D eigenvalue weighted by atomic mass is 15.5. The smallest absolute Gasteiger partial charge is 0.138 e. The van der Waals surface area contributed by atoms with E-state index in [0.29, 0.717) is 6.54 Å². The Labute approximate surface area is 41.1 Å². The molecule has 1 aromatic heterocycles. The molecule has 4 heteroatoms. The molecule has 0 saturated heterocycles. The van der Waals surface area contributed by atoms with Crippen molar-refractivity contribution in [2.24, 2.45) is 0 Å². The molecule has 0 aromatic carbocycles. The molecule has 37 valence electrons. The lowest BCUT2D eigenvalue weighted by molar-refractivity contribution is 0.658. The lowest BCUT2D eigenvalue weighted by atomic mass is 10.8. The van der Waals surface area contributed by atoms with E-state index in [1.165, 1.54) is 6.33 Å². The zero-order chi connectivity index (χ0) is 5.11. The zero-order valence-electron chi connectivity index (χ0n) is 3.78. The van der Waals surface area contributed by atoms with Crippen molar-refractivity contribution in [3.63, 3.8) is 0 Å². The molecule has 0 fully saturated rings. The first-order valence-corrected chi connectivity index (χ1v) is 1.93. The molecule has 0 aliphatic rings. The monoisotopic (exact) mass is 97.1 g/mol. The first-order valence-electron chi connectivity index (χ1n) is 1.93. The van der Waals surface area contributed by atoms with Crippen molar-refractivity contribution in [3.8, 4) is 0 Å². The van der Waals surface area contributed by atoms with Gasteiger partial charge in [0.15, 0.2) is 0 Å². The van der Waals surface area contributed by atoms with Crippen LogP contribution in [0.2, 0.25) is 0 Å². The molecule has 4 nitrogen and oxygen atoms in total. The summed E-state index contributed by atoms with van der Waals surface area (Å²) in [7, 11) is 0. The van der Waals surface area contributed by atoms with Gasteiger partial charge in [0, 0.05) is 6.54 Å². The zero-order valence-corrected chi connectivity index (χ0v) is 3.78. The van der Waals surface area contributed by atoms with Crippen molar-refractivity contribution in [1.29, 1.82) is 0 Å². The first-order chi connectivity index (χ1) is 3.43. The number of tetrazole rings is 1. The van der Waals surface area contributed by atoms with Crippen molar-refractivity contribution >= 4 is 0 Å². The Morgan fingerprint density at radius 2 is 2.57 bits per heavy atom. The molecule has 0 unspecified atom stereocenters. The van der Waals surface area contributed by atoms with Gasteiger partial charge in [-0.1, -0.05) is 0 Å². The van der Waals surface area contributed by atoms with Crippen LogP contribution in [0.15, 0.2) is 6.33 Å². The lowest BCUT2D eigenvalue weighted by Crippen LogP contribution is -1.93. The quantitative estimate of drug-likeness (QED) is 0.474. The molecule has 0 bridgehead atoms. The van der Waals surface area contributed by atoms with E-state index in [1.54, 1.807) is 4.68 Å². The Morgan fingerprint density at radius 1 is 1.71 bits per heavy atom. The molecule has 7 heavy (non-hydrogen) atoms. The molecule has 0 N–H and O–H groups in total. The van der Waals surface area contributed by atoms with Crippen molar-refractivity contribution in [2.75, 3.05) is 0 Å². The third kappa shape index (κ3) is 0.734. The largest absolute Gasteiger partial charge is 0.233 e. The van der Waals surface area contributed by atoms with E-state index in [4.69, 9.17) is 0 Å². The van der Waals surface area contributed by atoms with E-state index in [1.807, 2.05) is 0 Å². The molecular weight excluding hydrogens is 92.1 g/mol. The van der Waals surface area contributed by atoms with Gasteiger partial charge in [-0.3, -0.25) is 0 Å². The van der Waals surface area contributed by atoms with Gasteiger partial charge in [-0.2, -0.15) is 0 Å². The Kier molecular flexibility index (Phi) is 1.02. The van der Waals surface area contributed by atoms with Crippen molar-refractivity contribution in [2.45, 2.75) is 6.54 Å². The fraction of sp³-hybridized carbons (Fsp3) is 0.333. The summed E-state index contributed by atoms with van der Waals surface area (Å²) in [4.78, 5) is 0. The Hall–Kier alpha value is -0.930. The fourth-order valence-electron chi connectivity index (χ4n) is 0.283. The maximum atomic E-state index is 3.55. The van der Waals surface area contributed by atoms with Crippen LogP contribution in [0.3, 0.4) is 0 Å². The van der Waals surface area contributed by atoms with Gasteiger partial charge in [0.25, 0.3) is 0 Å². The van der Waals surface area contributed by atoms with Gasteiger partial charge >= 0.3 is 0 Å². The van der Waals surface area contributed by atoms with E-state index >= 15 is 0 Å². The first kappa shape index (κ1) is 4.23. The molecule has 0 amide bonds. The Morgan fingerprint density at radius 3 is 2.86 bits per heavy atom. The maximum Gasteiger partial charge on any atom is 0.138 e. The van der Waals surface area contributed by atoms with Crippen LogP contribution in [0, 0.1) is 6.92 Å². The molecular formula is C3H5N4. The summed E-state index contributed by atoms with van der Waals surface area (Å²) in [6, 6.07) is 0. The van der Waals surface area contributed by atoms with Crippen molar-refractivity contribution < 1.29 is 0 Å². The van der Waals surface area contributed by atoms with Crippen LogP contribution >= 0.6 is 0 Å². The predicted molar refractivity (Wildman–Crippen MR) is 23.2 cm³/mol. The van der Waals surface area contributed by atoms with Gasteiger partial charge in [-0.25, -0.2) is 4.68 Å². The van der Waals surface area contributed by atoms with Gasteiger partial charge in [-0.15, -0.1) is 5.10 Å². The van der Waals surface area contributed by atoms with Crippen LogP contribution in [0.25, 0.3) is 0 Å². The van der Waals surface area contributed by atoms with E-state index < -0.39 is 0 Å². The molecule has 0 aliphatic carbocycles. The van der Waals surface area contributed by atoms with Gasteiger partial charge in [0.05, 0.1) is 0 Å². The standard InChI is InChI=1S/C3H5N4/c1-2-7-3-4-5-6-7/h3H,1-2H2. The summed E-state index contributed by atoms with van der Waals surface area (Å²) in [5, 5.41) is 10.3. The van der Waals surface area contributed by atoms with Gasteiger partial charge in [-0.05, 0) is 17.4 Å². The van der Waals surface area contributed by atoms with Crippen molar-refractivity contribution in [3.05, 3.63) is 13.3 Å². The second-order valence-corrected chi connectivity index (χ2v) is 1.07. The van der Waals surface area contributed by atoms with Gasteiger partial charge in [0.2, 0.25) is 0 Å². The Bertz CT molecular complexity index is 121. The fourth-order valence-corrected chi connectivity index (χ4v) is 0.283. The lowest BCUT2D eigenvalue weighted by Gasteiger charge is -1.82. The van der Waals surface area contributed by atoms with E-state index in [-0.39, 0.29) is 0 Å². The summed E-state index contributed by atoms with van der Waals surface area (Å²) < 4.78 is 1.54. The molecule has 1 aromatic rings. The van der Waals surface area contributed by atoms with Crippen LogP contribution < -0.4 is 0 Å². The maximum absolute atomic E-state index is 3.55.